The molecule has 1 atom stereocenters. The van der Waals surface area contributed by atoms with E-state index in [1.165, 1.54) is 0 Å². The van der Waals surface area contributed by atoms with Crippen LogP contribution in [0.3, 0.4) is 0 Å². The normalized spacial score (nSPS) is 12.1. The summed E-state index contributed by atoms with van der Waals surface area (Å²) in [7, 11) is 0. The molecule has 0 spiro atoms. The minimum atomic E-state index is -0.880. The molecule has 1 aromatic heterocycles. The molecule has 2 aromatic carbocycles. The van der Waals surface area contributed by atoms with Crippen molar-refractivity contribution in [2.45, 2.75) is 13.0 Å². The molecule has 0 aliphatic rings. The summed E-state index contributed by atoms with van der Waals surface area (Å²) < 4.78 is 5.26. The Labute approximate surface area is 138 Å². The number of esters is 1. The van der Waals surface area contributed by atoms with Gasteiger partial charge >= 0.3 is 5.97 Å². The van der Waals surface area contributed by atoms with Crippen LogP contribution < -0.4 is 0 Å². The third-order valence-electron chi connectivity index (χ3n) is 3.53. The van der Waals surface area contributed by atoms with Gasteiger partial charge in [0.15, 0.2) is 6.10 Å². The van der Waals surface area contributed by atoms with Crippen LogP contribution in [0.5, 0.6) is 0 Å². The zero-order chi connectivity index (χ0) is 16.4. The Morgan fingerprint density at radius 2 is 1.78 bits per heavy atom. The topological polar surface area (TPSA) is 59.2 Å². The molecule has 1 N–H and O–H groups in total. The minimum Gasteiger partial charge on any atom is -0.450 e. The van der Waals surface area contributed by atoms with Crippen LogP contribution in [0.15, 0.2) is 54.6 Å². The van der Waals surface area contributed by atoms with E-state index < -0.39 is 12.1 Å². The van der Waals surface area contributed by atoms with Crippen molar-refractivity contribution in [3.8, 4) is 0 Å². The highest BCUT2D eigenvalue weighted by Gasteiger charge is 2.21. The van der Waals surface area contributed by atoms with Gasteiger partial charge in [-0.25, -0.2) is 4.79 Å². The zero-order valence-electron chi connectivity index (χ0n) is 12.4. The summed E-state index contributed by atoms with van der Waals surface area (Å²) in [5, 5.41) is 1.46. The molecule has 0 fully saturated rings. The molecule has 1 heterocycles. The molecule has 0 saturated carbocycles. The fourth-order valence-electron chi connectivity index (χ4n) is 2.31. The highest BCUT2D eigenvalue weighted by Crippen LogP contribution is 2.17. The number of halogens is 1. The Kier molecular flexibility index (Phi) is 4.17. The van der Waals surface area contributed by atoms with E-state index >= 15 is 0 Å². The second-order valence-electron chi connectivity index (χ2n) is 5.19. The molecule has 0 radical (unpaired) electrons. The van der Waals surface area contributed by atoms with Crippen LogP contribution in [0.1, 0.15) is 27.8 Å². The molecular weight excluding hydrogens is 314 g/mol. The molecule has 0 amide bonds. The molecule has 23 heavy (non-hydrogen) atoms. The lowest BCUT2D eigenvalue weighted by Gasteiger charge is -2.11. The zero-order valence-corrected chi connectivity index (χ0v) is 13.1. The van der Waals surface area contributed by atoms with Gasteiger partial charge in [-0.3, -0.25) is 4.79 Å². The van der Waals surface area contributed by atoms with E-state index in [1.807, 2.05) is 24.3 Å². The molecule has 0 bridgehead atoms. The van der Waals surface area contributed by atoms with Crippen LogP contribution in [0.4, 0.5) is 0 Å². The number of ketones is 1. The van der Waals surface area contributed by atoms with Crippen molar-refractivity contribution in [3.63, 3.8) is 0 Å². The summed E-state index contributed by atoms with van der Waals surface area (Å²) >= 11 is 5.80. The van der Waals surface area contributed by atoms with Crippen LogP contribution >= 0.6 is 11.6 Å². The standard InChI is InChI=1S/C18H14ClNO3/c1-11(17(21)12-6-8-14(19)9-7-12)23-18(22)16-10-13-4-2-3-5-15(13)20-16/h2-11,20H,1H3/t11-/m0/s1. The second kappa shape index (κ2) is 6.26. The quantitative estimate of drug-likeness (QED) is 0.575. The Hall–Kier alpha value is -2.59. The van der Waals surface area contributed by atoms with E-state index in [2.05, 4.69) is 4.98 Å². The van der Waals surface area contributed by atoms with Crippen LogP contribution in [0, 0.1) is 0 Å². The summed E-state index contributed by atoms with van der Waals surface area (Å²) in [6.07, 6.45) is -0.880. The number of H-pyrrole nitrogens is 1. The maximum absolute atomic E-state index is 12.3. The fraction of sp³-hybridized carbons (Fsp3) is 0.111. The maximum atomic E-state index is 12.3. The first kappa shape index (κ1) is 15.3. The Morgan fingerprint density at radius 1 is 1.09 bits per heavy atom. The Morgan fingerprint density at radius 3 is 2.48 bits per heavy atom. The molecule has 0 unspecified atom stereocenters. The van der Waals surface area contributed by atoms with E-state index in [1.54, 1.807) is 37.3 Å². The van der Waals surface area contributed by atoms with E-state index in [4.69, 9.17) is 16.3 Å². The molecule has 4 nitrogen and oxygen atoms in total. The largest absolute Gasteiger partial charge is 0.450 e. The monoisotopic (exact) mass is 327 g/mol. The van der Waals surface area contributed by atoms with Crippen molar-refractivity contribution in [2.24, 2.45) is 0 Å². The number of Topliss-reactive ketones (excluding diaryl/α,β-unsaturated/α-hetero) is 1. The molecule has 0 aliphatic heterocycles. The molecule has 3 rings (SSSR count). The van der Waals surface area contributed by atoms with Gasteiger partial charge < -0.3 is 9.72 Å². The number of hydrogen-bond acceptors (Lipinski definition) is 3. The number of hydrogen-bond donors (Lipinski definition) is 1. The summed E-state index contributed by atoms with van der Waals surface area (Å²) in [5.41, 5.74) is 1.62. The number of nitrogens with one attached hydrogen (secondary N) is 1. The number of carbonyl (C=O) groups is 2. The number of aromatic amines is 1. The van der Waals surface area contributed by atoms with Crippen molar-refractivity contribution in [1.82, 2.24) is 4.98 Å². The molecule has 3 aromatic rings. The number of benzene rings is 2. The number of fused-ring (bicyclic) bond motifs is 1. The third-order valence-corrected chi connectivity index (χ3v) is 3.78. The van der Waals surface area contributed by atoms with Gasteiger partial charge in [0.2, 0.25) is 5.78 Å². The van der Waals surface area contributed by atoms with E-state index in [-0.39, 0.29) is 5.78 Å². The average molecular weight is 328 g/mol. The maximum Gasteiger partial charge on any atom is 0.355 e. The van der Waals surface area contributed by atoms with Crippen LogP contribution in [0.2, 0.25) is 5.02 Å². The predicted octanol–water partition coefficient (Wildman–Crippen LogP) is 4.25. The Balaban J connectivity index is 1.73. The molecule has 116 valence electrons. The Bertz CT molecular complexity index is 834. The lowest BCUT2D eigenvalue weighted by molar-refractivity contribution is 0.0314. The van der Waals surface area contributed by atoms with Gasteiger partial charge in [0.1, 0.15) is 5.69 Å². The molecule has 0 saturated heterocycles. The third kappa shape index (κ3) is 3.27. The lowest BCUT2D eigenvalue weighted by Crippen LogP contribution is -2.24. The van der Waals surface area contributed by atoms with Gasteiger partial charge in [0.05, 0.1) is 0 Å². The van der Waals surface area contributed by atoms with E-state index in [0.717, 1.165) is 10.9 Å². The van der Waals surface area contributed by atoms with Gasteiger partial charge in [-0.1, -0.05) is 29.8 Å². The lowest BCUT2D eigenvalue weighted by atomic mass is 10.1. The smallest absolute Gasteiger partial charge is 0.355 e. The first-order chi connectivity index (χ1) is 11.0. The van der Waals surface area contributed by atoms with E-state index in [9.17, 15) is 9.59 Å². The van der Waals surface area contributed by atoms with Crippen LogP contribution in [-0.2, 0) is 4.74 Å². The average Bonchev–Trinajstić information content (AvgIpc) is 2.99. The molecule has 0 aliphatic carbocycles. The van der Waals surface area contributed by atoms with Crippen LogP contribution in [0.25, 0.3) is 10.9 Å². The fourth-order valence-corrected chi connectivity index (χ4v) is 2.44. The number of ether oxygens (including phenoxy) is 1. The highest BCUT2D eigenvalue weighted by atomic mass is 35.5. The number of aromatic nitrogens is 1. The van der Waals surface area contributed by atoms with Crippen molar-refractivity contribution < 1.29 is 14.3 Å². The van der Waals surface area contributed by atoms with Gasteiger partial charge in [0, 0.05) is 21.5 Å². The van der Waals surface area contributed by atoms with E-state index in [0.29, 0.717) is 16.3 Å². The van der Waals surface area contributed by atoms with Crippen LogP contribution in [-0.4, -0.2) is 22.8 Å². The summed E-state index contributed by atoms with van der Waals surface area (Å²) in [5.74, 6) is -0.831. The van der Waals surface area contributed by atoms with Crippen molar-refractivity contribution in [3.05, 3.63) is 70.9 Å². The highest BCUT2D eigenvalue weighted by molar-refractivity contribution is 6.30. The first-order valence-electron chi connectivity index (χ1n) is 7.13. The van der Waals surface area contributed by atoms with Gasteiger partial charge in [-0.15, -0.1) is 0 Å². The number of para-hydroxylation sites is 1. The first-order valence-corrected chi connectivity index (χ1v) is 7.51. The van der Waals surface area contributed by atoms with Gasteiger partial charge in [-0.05, 0) is 43.3 Å². The van der Waals surface area contributed by atoms with Crippen molar-refractivity contribution >= 4 is 34.3 Å². The summed E-state index contributed by atoms with van der Waals surface area (Å²) in [6, 6.07) is 15.7. The molecule has 5 heteroatoms. The summed E-state index contributed by atoms with van der Waals surface area (Å²) in [4.78, 5) is 27.4. The second-order valence-corrected chi connectivity index (χ2v) is 5.63. The SMILES string of the molecule is C[C@H](OC(=O)c1cc2ccccc2[nH]1)C(=O)c1ccc(Cl)cc1. The van der Waals surface area contributed by atoms with Gasteiger partial charge in [0.25, 0.3) is 0 Å². The number of carbonyl (C=O) groups excluding carboxylic acids is 2. The molecular formula is C18H14ClNO3. The summed E-state index contributed by atoms with van der Waals surface area (Å²) in [6.45, 7) is 1.55. The minimum absolute atomic E-state index is 0.272. The van der Waals surface area contributed by atoms with Crippen molar-refractivity contribution in [1.29, 1.82) is 0 Å². The number of rotatable bonds is 4. The predicted molar refractivity (Wildman–Crippen MR) is 89.0 cm³/mol. The van der Waals surface area contributed by atoms with Crippen molar-refractivity contribution in [2.75, 3.05) is 0 Å². The van der Waals surface area contributed by atoms with Gasteiger partial charge in [-0.2, -0.15) is 0 Å².